The third-order valence-corrected chi connectivity index (χ3v) is 5.51. The lowest BCUT2D eigenvalue weighted by Crippen LogP contribution is -2.28. The van der Waals surface area contributed by atoms with Crippen LogP contribution in [0.4, 0.5) is 16.4 Å². The maximum atomic E-state index is 4.22. The molecule has 0 saturated heterocycles. The van der Waals surface area contributed by atoms with Gasteiger partial charge in [-0.2, -0.15) is 5.53 Å². The highest BCUT2D eigenvalue weighted by Gasteiger charge is 2.12. The van der Waals surface area contributed by atoms with Gasteiger partial charge in [-0.1, -0.05) is 41.6 Å². The summed E-state index contributed by atoms with van der Waals surface area (Å²) in [5.74, 6) is 0. The van der Waals surface area contributed by atoms with Crippen molar-refractivity contribution in [1.29, 1.82) is 0 Å². The van der Waals surface area contributed by atoms with E-state index < -0.39 is 0 Å². The van der Waals surface area contributed by atoms with Crippen LogP contribution in [0, 0.1) is 0 Å². The van der Waals surface area contributed by atoms with Crippen molar-refractivity contribution in [1.82, 2.24) is 5.53 Å². The Morgan fingerprint density at radius 1 is 0.833 bits per heavy atom. The van der Waals surface area contributed by atoms with Gasteiger partial charge in [0, 0.05) is 9.40 Å². The number of benzene rings is 2. The van der Waals surface area contributed by atoms with E-state index in [-0.39, 0.29) is 0 Å². The minimum Gasteiger partial charge on any atom is -0.229 e. The Morgan fingerprint density at radius 2 is 1.58 bits per heavy atom. The lowest BCUT2D eigenvalue weighted by molar-refractivity contribution is 0.717. The average molecular weight is 350 g/mol. The second-order valence-corrected chi connectivity index (χ2v) is 7.05. The second kappa shape index (κ2) is 6.82. The van der Waals surface area contributed by atoms with E-state index in [2.05, 4.69) is 33.4 Å². The summed E-state index contributed by atoms with van der Waals surface area (Å²) in [6.45, 7) is 0. The Bertz CT molecular complexity index is 916. The molecule has 6 heteroatoms. The molecule has 0 aliphatic carbocycles. The first-order valence-corrected chi connectivity index (χ1v) is 9.13. The fourth-order valence-electron chi connectivity index (χ4n) is 2.29. The summed E-state index contributed by atoms with van der Waals surface area (Å²) < 4.78 is 2.55. The number of hydrogen-bond donors (Lipinski definition) is 1. The van der Waals surface area contributed by atoms with Crippen molar-refractivity contribution in [2.75, 3.05) is 5.01 Å². The topological polar surface area (TPSA) is 40.0 Å². The van der Waals surface area contributed by atoms with E-state index in [9.17, 15) is 0 Å². The SMILES string of the molecule is c1ccc(N=NNN(c2ccccc2)c2cc3sccc3s2)cc1. The quantitative estimate of drug-likeness (QED) is 0.339. The number of hydrazine groups is 1. The number of hydrogen-bond acceptors (Lipinski definition) is 5. The van der Waals surface area contributed by atoms with E-state index in [1.54, 1.807) is 22.7 Å². The zero-order chi connectivity index (χ0) is 16.2. The second-order valence-electron chi connectivity index (χ2n) is 5.04. The van der Waals surface area contributed by atoms with Gasteiger partial charge in [-0.25, -0.2) is 5.01 Å². The molecule has 0 aliphatic heterocycles. The van der Waals surface area contributed by atoms with Crippen molar-refractivity contribution in [3.63, 3.8) is 0 Å². The van der Waals surface area contributed by atoms with Crippen molar-refractivity contribution in [3.8, 4) is 0 Å². The molecule has 0 aliphatic rings. The minimum atomic E-state index is 0.810. The lowest BCUT2D eigenvalue weighted by atomic mass is 10.3. The van der Waals surface area contributed by atoms with Crippen LogP contribution >= 0.6 is 22.7 Å². The van der Waals surface area contributed by atoms with Crippen LogP contribution in [0.25, 0.3) is 9.40 Å². The van der Waals surface area contributed by atoms with E-state index in [1.165, 1.54) is 9.40 Å². The Labute approximate surface area is 147 Å². The number of nitrogens with zero attached hydrogens (tertiary/aromatic N) is 3. The van der Waals surface area contributed by atoms with E-state index >= 15 is 0 Å². The number of anilines is 2. The Balaban J connectivity index is 1.63. The van der Waals surface area contributed by atoms with Crippen LogP contribution in [-0.2, 0) is 0 Å². The smallest absolute Gasteiger partial charge is 0.119 e. The number of thiophene rings is 2. The van der Waals surface area contributed by atoms with Crippen LogP contribution in [0.1, 0.15) is 0 Å². The van der Waals surface area contributed by atoms with Crippen molar-refractivity contribution >= 4 is 48.4 Å². The summed E-state index contributed by atoms with van der Waals surface area (Å²) in [4.78, 5) is 0. The van der Waals surface area contributed by atoms with Crippen molar-refractivity contribution in [2.24, 2.45) is 10.3 Å². The van der Waals surface area contributed by atoms with Gasteiger partial charge in [-0.05, 0) is 41.8 Å². The maximum absolute atomic E-state index is 4.22. The summed E-state index contributed by atoms with van der Waals surface area (Å²) in [6.07, 6.45) is 0. The van der Waals surface area contributed by atoms with Gasteiger partial charge in [0.1, 0.15) is 5.00 Å². The van der Waals surface area contributed by atoms with Gasteiger partial charge in [-0.3, -0.25) is 0 Å². The molecular formula is C18H14N4S2. The Kier molecular flexibility index (Phi) is 4.22. The molecule has 0 amide bonds. The molecule has 2 aromatic carbocycles. The van der Waals surface area contributed by atoms with E-state index in [4.69, 9.17) is 0 Å². The third kappa shape index (κ3) is 3.15. The predicted molar refractivity (Wildman–Crippen MR) is 102 cm³/mol. The Morgan fingerprint density at radius 3 is 2.33 bits per heavy atom. The monoisotopic (exact) mass is 350 g/mol. The summed E-state index contributed by atoms with van der Waals surface area (Å²) in [5.41, 5.74) is 4.88. The van der Waals surface area contributed by atoms with Gasteiger partial charge in [-0.15, -0.1) is 27.8 Å². The Hall–Kier alpha value is -2.70. The lowest BCUT2D eigenvalue weighted by Gasteiger charge is -2.20. The fourth-order valence-corrected chi connectivity index (χ4v) is 4.37. The van der Waals surface area contributed by atoms with E-state index in [1.807, 2.05) is 65.7 Å². The fraction of sp³-hybridized carbons (Fsp3) is 0. The molecule has 4 nitrogen and oxygen atoms in total. The molecule has 1 N–H and O–H groups in total. The molecule has 2 heterocycles. The maximum Gasteiger partial charge on any atom is 0.119 e. The van der Waals surface area contributed by atoms with Crippen molar-refractivity contribution < 1.29 is 0 Å². The van der Waals surface area contributed by atoms with Gasteiger partial charge in [0.15, 0.2) is 0 Å². The highest BCUT2D eigenvalue weighted by molar-refractivity contribution is 7.29. The first kappa shape index (κ1) is 14.9. The molecular weight excluding hydrogens is 336 g/mol. The number of para-hydroxylation sites is 1. The highest BCUT2D eigenvalue weighted by Crippen LogP contribution is 2.37. The summed E-state index contributed by atoms with van der Waals surface area (Å²) in [5, 5.41) is 13.5. The zero-order valence-electron chi connectivity index (χ0n) is 12.7. The summed E-state index contributed by atoms with van der Waals surface area (Å²) >= 11 is 3.47. The summed E-state index contributed by atoms with van der Waals surface area (Å²) in [7, 11) is 0. The van der Waals surface area contributed by atoms with Crippen LogP contribution in [0.5, 0.6) is 0 Å². The van der Waals surface area contributed by atoms with Crippen LogP contribution in [0.3, 0.4) is 0 Å². The molecule has 0 fully saturated rings. The number of nitrogens with one attached hydrogen (secondary N) is 1. The first-order chi connectivity index (χ1) is 11.9. The van der Waals surface area contributed by atoms with Gasteiger partial charge in [0.25, 0.3) is 0 Å². The largest absolute Gasteiger partial charge is 0.229 e. The number of rotatable bonds is 5. The molecule has 0 saturated carbocycles. The average Bonchev–Trinajstić information content (AvgIpc) is 3.22. The molecule has 24 heavy (non-hydrogen) atoms. The van der Waals surface area contributed by atoms with E-state index in [0.29, 0.717) is 0 Å². The van der Waals surface area contributed by atoms with Crippen LogP contribution in [0.15, 0.2) is 88.5 Å². The first-order valence-electron chi connectivity index (χ1n) is 7.44. The van der Waals surface area contributed by atoms with Gasteiger partial charge < -0.3 is 0 Å². The molecule has 0 spiro atoms. The normalized spacial score (nSPS) is 11.2. The van der Waals surface area contributed by atoms with Crippen LogP contribution in [0.2, 0.25) is 0 Å². The number of fused-ring (bicyclic) bond motifs is 1. The molecule has 4 aromatic rings. The molecule has 4 rings (SSSR count). The van der Waals surface area contributed by atoms with Gasteiger partial charge in [0.2, 0.25) is 0 Å². The molecule has 0 unspecified atom stereocenters. The molecule has 0 radical (unpaired) electrons. The van der Waals surface area contributed by atoms with Crippen LogP contribution < -0.4 is 10.5 Å². The molecule has 118 valence electrons. The summed E-state index contributed by atoms with van der Waals surface area (Å²) in [6, 6.07) is 24.1. The zero-order valence-corrected chi connectivity index (χ0v) is 14.3. The third-order valence-electron chi connectivity index (χ3n) is 3.43. The van der Waals surface area contributed by atoms with Crippen molar-refractivity contribution in [2.45, 2.75) is 0 Å². The molecule has 0 atom stereocenters. The predicted octanol–water partition coefficient (Wildman–Crippen LogP) is 6.30. The van der Waals surface area contributed by atoms with E-state index in [0.717, 1.165) is 16.4 Å². The van der Waals surface area contributed by atoms with Crippen LogP contribution in [-0.4, -0.2) is 0 Å². The highest BCUT2D eigenvalue weighted by atomic mass is 32.1. The van der Waals surface area contributed by atoms with Gasteiger partial charge >= 0.3 is 0 Å². The minimum absolute atomic E-state index is 0.810. The molecule has 0 bridgehead atoms. The molecule has 2 aromatic heterocycles. The van der Waals surface area contributed by atoms with Crippen molar-refractivity contribution in [3.05, 3.63) is 78.2 Å². The standard InChI is InChI=1S/C18H14N4S2/c1-3-7-14(8-4-1)19-20-21-22(15-9-5-2-6-10-15)18-13-17-16(24-18)11-12-23-17/h1-13H,(H,19,21). The van der Waals surface area contributed by atoms with Gasteiger partial charge in [0.05, 0.1) is 11.4 Å².